The molecule has 21 heavy (non-hydrogen) atoms. The molecule has 0 bridgehead atoms. The van der Waals surface area contributed by atoms with Crippen molar-refractivity contribution in [3.8, 4) is 0 Å². The number of hydrogen-bond donors (Lipinski definition) is 1. The second-order valence-electron chi connectivity index (χ2n) is 5.88. The van der Waals surface area contributed by atoms with E-state index in [9.17, 15) is 0 Å². The minimum absolute atomic E-state index is 0.0889. The highest BCUT2D eigenvalue weighted by Crippen LogP contribution is 2.40. The Labute approximate surface area is 130 Å². The molecule has 0 unspecified atom stereocenters. The van der Waals surface area contributed by atoms with Gasteiger partial charge in [0.25, 0.3) is 0 Å². The van der Waals surface area contributed by atoms with Crippen molar-refractivity contribution in [1.29, 1.82) is 0 Å². The zero-order valence-electron chi connectivity index (χ0n) is 12.4. The zero-order chi connectivity index (χ0) is 14.8. The third-order valence-electron chi connectivity index (χ3n) is 4.21. The molecule has 0 radical (unpaired) electrons. The van der Waals surface area contributed by atoms with Crippen LogP contribution in [0.1, 0.15) is 43.0 Å². The maximum absolute atomic E-state index is 8.82. The quantitative estimate of drug-likeness (QED) is 0.846. The number of piperidine rings is 1. The number of aromatic nitrogens is 2. The third kappa shape index (κ3) is 3.47. The molecule has 0 spiro atoms. The maximum atomic E-state index is 8.82. The molecule has 1 N–H and O–H groups in total. The van der Waals surface area contributed by atoms with Gasteiger partial charge in [0.15, 0.2) is 0 Å². The van der Waals surface area contributed by atoms with Crippen LogP contribution in [0, 0.1) is 6.92 Å². The van der Waals surface area contributed by atoms with Crippen LogP contribution < -0.4 is 4.90 Å². The van der Waals surface area contributed by atoms with Gasteiger partial charge in [-0.15, -0.1) is 0 Å². The summed E-state index contributed by atoms with van der Waals surface area (Å²) < 4.78 is 5.61. The lowest BCUT2D eigenvalue weighted by Crippen LogP contribution is -2.38. The van der Waals surface area contributed by atoms with Gasteiger partial charge in [0.1, 0.15) is 16.8 Å². The monoisotopic (exact) mass is 311 g/mol. The summed E-state index contributed by atoms with van der Waals surface area (Å²) in [4.78, 5) is 11.5. The van der Waals surface area contributed by atoms with E-state index in [-0.39, 0.29) is 12.7 Å². The van der Waals surface area contributed by atoms with Crippen LogP contribution in [0.3, 0.4) is 0 Å². The predicted molar refractivity (Wildman–Crippen MR) is 82.0 cm³/mol. The van der Waals surface area contributed by atoms with Gasteiger partial charge in [-0.25, -0.2) is 9.97 Å². The number of rotatable bonds is 5. The highest BCUT2D eigenvalue weighted by atomic mass is 35.5. The molecule has 6 heteroatoms. The van der Waals surface area contributed by atoms with Gasteiger partial charge in [-0.3, -0.25) is 0 Å². The summed E-state index contributed by atoms with van der Waals surface area (Å²) in [5.41, 5.74) is 0.968. The molecule has 0 aromatic carbocycles. The first-order valence-electron chi connectivity index (χ1n) is 7.70. The fourth-order valence-corrected chi connectivity index (χ4v) is 2.95. The molecule has 2 fully saturated rings. The van der Waals surface area contributed by atoms with Gasteiger partial charge in [-0.05, 0) is 32.6 Å². The van der Waals surface area contributed by atoms with Gasteiger partial charge < -0.3 is 14.7 Å². The average Bonchev–Trinajstić information content (AvgIpc) is 3.33. The molecular formula is C15H22ClN3O2. The first kappa shape index (κ1) is 15.0. The summed E-state index contributed by atoms with van der Waals surface area (Å²) in [6.07, 6.45) is 4.51. The Kier molecular flexibility index (Phi) is 4.62. The van der Waals surface area contributed by atoms with Crippen LogP contribution in [-0.4, -0.2) is 47.5 Å². The molecule has 1 aliphatic carbocycles. The van der Waals surface area contributed by atoms with Crippen molar-refractivity contribution in [2.45, 2.75) is 44.6 Å². The van der Waals surface area contributed by atoms with Crippen molar-refractivity contribution < 1.29 is 9.84 Å². The smallest absolute Gasteiger partial charge is 0.137 e. The van der Waals surface area contributed by atoms with E-state index < -0.39 is 0 Å². The molecule has 1 saturated carbocycles. The summed E-state index contributed by atoms with van der Waals surface area (Å²) in [7, 11) is 0. The Morgan fingerprint density at radius 1 is 1.24 bits per heavy atom. The first-order chi connectivity index (χ1) is 10.2. The van der Waals surface area contributed by atoms with Gasteiger partial charge in [0, 0.05) is 24.6 Å². The maximum Gasteiger partial charge on any atom is 0.137 e. The minimum Gasteiger partial charge on any atom is -0.394 e. The summed E-state index contributed by atoms with van der Waals surface area (Å²) in [6.45, 7) is 4.33. The molecule has 2 heterocycles. The van der Waals surface area contributed by atoms with Gasteiger partial charge in [0.05, 0.1) is 19.3 Å². The number of ether oxygens (including phenoxy) is 1. The van der Waals surface area contributed by atoms with Gasteiger partial charge in [-0.2, -0.15) is 0 Å². The van der Waals surface area contributed by atoms with Crippen LogP contribution in [0.2, 0.25) is 5.15 Å². The lowest BCUT2D eigenvalue weighted by atomic mass is 10.1. The molecule has 3 rings (SSSR count). The van der Waals surface area contributed by atoms with Crippen molar-refractivity contribution in [3.63, 3.8) is 0 Å². The normalized spacial score (nSPS) is 20.0. The fraction of sp³-hybridized carbons (Fsp3) is 0.733. The number of hydrogen-bond acceptors (Lipinski definition) is 5. The van der Waals surface area contributed by atoms with Crippen molar-refractivity contribution in [2.24, 2.45) is 0 Å². The Hall–Kier alpha value is -0.910. The van der Waals surface area contributed by atoms with E-state index in [0.717, 1.165) is 43.1 Å². The standard InChI is InChI=1S/C15H22ClN3O2/c1-10-13(16)17-14(11-2-3-11)18-15(10)19-6-4-12(5-7-19)21-9-8-20/h11-12,20H,2-9H2,1H3. The van der Waals surface area contributed by atoms with E-state index in [1.54, 1.807) is 0 Å². The lowest BCUT2D eigenvalue weighted by molar-refractivity contribution is 0.0158. The molecule has 116 valence electrons. The predicted octanol–water partition coefficient (Wildman–Crippen LogP) is 2.29. The fourth-order valence-electron chi connectivity index (χ4n) is 2.78. The Morgan fingerprint density at radius 3 is 2.57 bits per heavy atom. The largest absolute Gasteiger partial charge is 0.394 e. The second kappa shape index (κ2) is 6.46. The van der Waals surface area contributed by atoms with Crippen LogP contribution in [-0.2, 0) is 4.74 Å². The van der Waals surface area contributed by atoms with Crippen LogP contribution in [0.25, 0.3) is 0 Å². The van der Waals surface area contributed by atoms with Crippen molar-refractivity contribution in [3.05, 3.63) is 16.5 Å². The number of anilines is 1. The van der Waals surface area contributed by atoms with Crippen LogP contribution in [0.15, 0.2) is 0 Å². The van der Waals surface area contributed by atoms with E-state index in [1.165, 1.54) is 12.8 Å². The average molecular weight is 312 g/mol. The summed E-state index contributed by atoms with van der Waals surface area (Å²) in [5.74, 6) is 2.39. The molecule has 5 nitrogen and oxygen atoms in total. The molecule has 2 aliphatic rings. The van der Waals surface area contributed by atoms with Crippen LogP contribution in [0.5, 0.6) is 0 Å². The molecule has 1 aromatic heterocycles. The molecule has 0 atom stereocenters. The second-order valence-corrected chi connectivity index (χ2v) is 6.23. The number of aliphatic hydroxyl groups excluding tert-OH is 1. The highest BCUT2D eigenvalue weighted by Gasteiger charge is 2.29. The number of nitrogens with zero attached hydrogens (tertiary/aromatic N) is 3. The Bertz CT molecular complexity index is 500. The Balaban J connectivity index is 1.69. The highest BCUT2D eigenvalue weighted by molar-refractivity contribution is 6.30. The first-order valence-corrected chi connectivity index (χ1v) is 8.08. The topological polar surface area (TPSA) is 58.5 Å². The Morgan fingerprint density at radius 2 is 1.95 bits per heavy atom. The molecule has 1 aliphatic heterocycles. The number of halogens is 1. The molecule has 1 aromatic rings. The molecular weight excluding hydrogens is 290 g/mol. The third-order valence-corrected chi connectivity index (χ3v) is 4.57. The van der Waals surface area contributed by atoms with E-state index in [0.29, 0.717) is 17.7 Å². The van der Waals surface area contributed by atoms with E-state index in [2.05, 4.69) is 9.88 Å². The van der Waals surface area contributed by atoms with Crippen LogP contribution in [0.4, 0.5) is 5.82 Å². The van der Waals surface area contributed by atoms with Crippen molar-refractivity contribution >= 4 is 17.4 Å². The van der Waals surface area contributed by atoms with E-state index in [4.69, 9.17) is 26.4 Å². The summed E-state index contributed by atoms with van der Waals surface area (Å²) in [6, 6.07) is 0. The zero-order valence-corrected chi connectivity index (χ0v) is 13.1. The van der Waals surface area contributed by atoms with Crippen molar-refractivity contribution in [1.82, 2.24) is 9.97 Å². The summed E-state index contributed by atoms with van der Waals surface area (Å²) in [5, 5.41) is 9.40. The minimum atomic E-state index is 0.0889. The van der Waals surface area contributed by atoms with E-state index >= 15 is 0 Å². The SMILES string of the molecule is Cc1c(Cl)nc(C2CC2)nc1N1CCC(OCCO)CC1. The summed E-state index contributed by atoms with van der Waals surface area (Å²) >= 11 is 6.28. The van der Waals surface area contributed by atoms with Crippen LogP contribution >= 0.6 is 11.6 Å². The molecule has 0 amide bonds. The van der Waals surface area contributed by atoms with Gasteiger partial charge >= 0.3 is 0 Å². The lowest BCUT2D eigenvalue weighted by Gasteiger charge is -2.33. The van der Waals surface area contributed by atoms with Gasteiger partial charge in [0.2, 0.25) is 0 Å². The van der Waals surface area contributed by atoms with Crippen molar-refractivity contribution in [2.75, 3.05) is 31.2 Å². The molecule has 1 saturated heterocycles. The number of aliphatic hydroxyl groups is 1. The van der Waals surface area contributed by atoms with E-state index in [1.807, 2.05) is 6.92 Å². The van der Waals surface area contributed by atoms with Gasteiger partial charge in [-0.1, -0.05) is 11.6 Å².